The third-order valence-corrected chi connectivity index (χ3v) is 4.29. The van der Waals surface area contributed by atoms with Crippen LogP contribution < -0.4 is 4.74 Å². The molecule has 0 radical (unpaired) electrons. The van der Waals surface area contributed by atoms with Crippen molar-refractivity contribution in [1.82, 2.24) is 4.90 Å². The van der Waals surface area contributed by atoms with Gasteiger partial charge in [-0.1, -0.05) is 6.07 Å². The van der Waals surface area contributed by atoms with Gasteiger partial charge in [0.25, 0.3) is 0 Å². The maximum atomic E-state index is 5.23. The van der Waals surface area contributed by atoms with Gasteiger partial charge in [-0.2, -0.15) is 11.8 Å². The Hall–Kier alpha value is -0.190. The lowest BCUT2D eigenvalue weighted by Gasteiger charge is -2.26. The van der Waals surface area contributed by atoms with Gasteiger partial charge in [-0.15, -0.1) is 0 Å². The van der Waals surface area contributed by atoms with E-state index in [1.54, 1.807) is 7.11 Å². The number of methoxy groups -OCH3 is 1. The summed E-state index contributed by atoms with van der Waals surface area (Å²) < 4.78 is 6.27. The van der Waals surface area contributed by atoms with Gasteiger partial charge in [-0.3, -0.25) is 4.90 Å². The molecule has 1 heterocycles. The quantitative estimate of drug-likeness (QED) is 0.851. The Morgan fingerprint density at radius 1 is 1.38 bits per heavy atom. The third kappa shape index (κ3) is 3.15. The summed E-state index contributed by atoms with van der Waals surface area (Å²) in [6, 6.07) is 6.32. The van der Waals surface area contributed by atoms with Gasteiger partial charge in [0.1, 0.15) is 5.75 Å². The van der Waals surface area contributed by atoms with Crippen LogP contribution in [0.1, 0.15) is 5.56 Å². The molecule has 0 amide bonds. The number of nitrogens with zero attached hydrogens (tertiary/aromatic N) is 1. The largest absolute Gasteiger partial charge is 0.496 e. The van der Waals surface area contributed by atoms with Crippen molar-refractivity contribution < 1.29 is 4.74 Å². The van der Waals surface area contributed by atoms with Crippen LogP contribution >= 0.6 is 27.7 Å². The number of benzene rings is 1. The molecule has 88 valence electrons. The Morgan fingerprint density at radius 2 is 2.12 bits per heavy atom. The first kappa shape index (κ1) is 12.3. The zero-order valence-electron chi connectivity index (χ0n) is 9.41. The third-order valence-electron chi connectivity index (χ3n) is 2.73. The summed E-state index contributed by atoms with van der Waals surface area (Å²) in [6.45, 7) is 3.45. The van der Waals surface area contributed by atoms with Crippen molar-refractivity contribution in [2.24, 2.45) is 0 Å². The average Bonchev–Trinajstić information content (AvgIpc) is 2.31. The Balaban J connectivity index is 2.01. The standard InChI is InChI=1S/C12H16BrNOS/c1-15-12-3-2-10(8-11(12)13)9-14-4-6-16-7-5-14/h2-3,8H,4-7,9H2,1H3. The molecule has 0 N–H and O–H groups in total. The molecule has 4 heteroatoms. The minimum atomic E-state index is 0.901. The zero-order chi connectivity index (χ0) is 11.4. The summed E-state index contributed by atoms with van der Waals surface area (Å²) in [7, 11) is 1.70. The number of hydrogen-bond donors (Lipinski definition) is 0. The molecule has 1 aliphatic heterocycles. The van der Waals surface area contributed by atoms with E-state index < -0.39 is 0 Å². The van der Waals surface area contributed by atoms with Gasteiger partial charge in [0.2, 0.25) is 0 Å². The first-order valence-electron chi connectivity index (χ1n) is 5.42. The molecular weight excluding hydrogens is 286 g/mol. The summed E-state index contributed by atoms with van der Waals surface area (Å²) in [6.07, 6.45) is 0. The second-order valence-corrected chi connectivity index (χ2v) is 5.94. The normalized spacial score (nSPS) is 17.4. The summed E-state index contributed by atoms with van der Waals surface area (Å²) in [5, 5.41) is 0. The number of ether oxygens (including phenoxy) is 1. The first-order valence-corrected chi connectivity index (χ1v) is 7.37. The Kier molecular flexibility index (Phi) is 4.55. The maximum Gasteiger partial charge on any atom is 0.133 e. The lowest BCUT2D eigenvalue weighted by Crippen LogP contribution is -2.31. The van der Waals surface area contributed by atoms with Crippen molar-refractivity contribution in [3.05, 3.63) is 28.2 Å². The van der Waals surface area contributed by atoms with Crippen LogP contribution in [0, 0.1) is 0 Å². The van der Waals surface area contributed by atoms with E-state index >= 15 is 0 Å². The van der Waals surface area contributed by atoms with E-state index in [0.29, 0.717) is 0 Å². The molecule has 2 nitrogen and oxygen atoms in total. The number of halogens is 1. The van der Waals surface area contributed by atoms with Crippen molar-refractivity contribution in [3.8, 4) is 5.75 Å². The van der Waals surface area contributed by atoms with Crippen LogP contribution in [0.3, 0.4) is 0 Å². The monoisotopic (exact) mass is 301 g/mol. The van der Waals surface area contributed by atoms with Crippen LogP contribution in [0.25, 0.3) is 0 Å². The smallest absolute Gasteiger partial charge is 0.133 e. The van der Waals surface area contributed by atoms with Gasteiger partial charge in [0.05, 0.1) is 11.6 Å². The SMILES string of the molecule is COc1ccc(CN2CCSCC2)cc1Br. The maximum absolute atomic E-state index is 5.23. The summed E-state index contributed by atoms with van der Waals surface area (Å²) >= 11 is 5.57. The highest BCUT2D eigenvalue weighted by molar-refractivity contribution is 9.10. The van der Waals surface area contributed by atoms with Crippen LogP contribution in [-0.2, 0) is 6.54 Å². The Labute approximate surface area is 109 Å². The second kappa shape index (κ2) is 5.94. The van der Waals surface area contributed by atoms with Crippen LogP contribution in [0.5, 0.6) is 5.75 Å². The van der Waals surface area contributed by atoms with Gasteiger partial charge in [-0.25, -0.2) is 0 Å². The molecule has 1 aromatic rings. The Bertz CT molecular complexity index is 353. The molecule has 0 saturated carbocycles. The summed E-state index contributed by atoms with van der Waals surface area (Å²) in [4.78, 5) is 2.50. The van der Waals surface area contributed by atoms with Gasteiger partial charge in [-0.05, 0) is 33.6 Å². The minimum Gasteiger partial charge on any atom is -0.496 e. The predicted molar refractivity (Wildman–Crippen MR) is 73.3 cm³/mol. The van der Waals surface area contributed by atoms with E-state index in [1.807, 2.05) is 17.8 Å². The molecule has 0 bridgehead atoms. The van der Waals surface area contributed by atoms with Gasteiger partial charge in [0.15, 0.2) is 0 Å². The Morgan fingerprint density at radius 3 is 2.75 bits per heavy atom. The van der Waals surface area contributed by atoms with Gasteiger partial charge >= 0.3 is 0 Å². The fourth-order valence-electron chi connectivity index (χ4n) is 1.83. The number of thioether (sulfide) groups is 1. The molecule has 0 aromatic heterocycles. The highest BCUT2D eigenvalue weighted by Gasteiger charge is 2.11. The van der Waals surface area contributed by atoms with Crippen LogP contribution in [0.2, 0.25) is 0 Å². The van der Waals surface area contributed by atoms with Gasteiger partial charge < -0.3 is 4.74 Å². The van der Waals surface area contributed by atoms with Crippen LogP contribution in [0.15, 0.2) is 22.7 Å². The van der Waals surface area contributed by atoms with Crippen LogP contribution in [-0.4, -0.2) is 36.6 Å². The molecule has 0 aliphatic carbocycles. The molecule has 1 fully saturated rings. The minimum absolute atomic E-state index is 0.901. The van der Waals surface area contributed by atoms with Crippen molar-refractivity contribution in [2.45, 2.75) is 6.54 Å². The molecule has 1 aliphatic rings. The van der Waals surface area contributed by atoms with Crippen molar-refractivity contribution in [3.63, 3.8) is 0 Å². The highest BCUT2D eigenvalue weighted by Crippen LogP contribution is 2.26. The van der Waals surface area contributed by atoms with E-state index in [2.05, 4.69) is 33.0 Å². The van der Waals surface area contributed by atoms with Crippen molar-refractivity contribution in [1.29, 1.82) is 0 Å². The molecule has 0 spiro atoms. The molecule has 1 saturated heterocycles. The zero-order valence-corrected chi connectivity index (χ0v) is 11.8. The second-order valence-electron chi connectivity index (χ2n) is 3.86. The van der Waals surface area contributed by atoms with Crippen molar-refractivity contribution in [2.75, 3.05) is 31.7 Å². The summed E-state index contributed by atoms with van der Waals surface area (Å²) in [5.41, 5.74) is 1.35. The number of rotatable bonds is 3. The van der Waals surface area contributed by atoms with Crippen LogP contribution in [0.4, 0.5) is 0 Å². The number of hydrogen-bond acceptors (Lipinski definition) is 3. The van der Waals surface area contributed by atoms with E-state index in [9.17, 15) is 0 Å². The molecule has 2 rings (SSSR count). The molecule has 0 atom stereocenters. The van der Waals surface area contributed by atoms with Gasteiger partial charge in [0, 0.05) is 31.1 Å². The molecule has 1 aromatic carbocycles. The highest BCUT2D eigenvalue weighted by atomic mass is 79.9. The molecular formula is C12H16BrNOS. The topological polar surface area (TPSA) is 12.5 Å². The lowest BCUT2D eigenvalue weighted by molar-refractivity contribution is 0.294. The predicted octanol–water partition coefficient (Wildman–Crippen LogP) is 3.01. The summed E-state index contributed by atoms with van der Waals surface area (Å²) in [5.74, 6) is 3.42. The lowest BCUT2D eigenvalue weighted by atomic mass is 10.2. The fraction of sp³-hybridized carbons (Fsp3) is 0.500. The van der Waals surface area contributed by atoms with E-state index in [0.717, 1.165) is 16.8 Å². The van der Waals surface area contributed by atoms with Crippen molar-refractivity contribution >= 4 is 27.7 Å². The van der Waals surface area contributed by atoms with E-state index in [-0.39, 0.29) is 0 Å². The first-order chi connectivity index (χ1) is 7.79. The molecule has 0 unspecified atom stereocenters. The average molecular weight is 302 g/mol. The van der Waals surface area contributed by atoms with E-state index in [1.165, 1.54) is 30.2 Å². The fourth-order valence-corrected chi connectivity index (χ4v) is 3.39. The van der Waals surface area contributed by atoms with E-state index in [4.69, 9.17) is 4.74 Å². The molecule has 16 heavy (non-hydrogen) atoms.